The summed E-state index contributed by atoms with van der Waals surface area (Å²) in [6.45, 7) is 1.23. The number of alkyl halides is 3. The molecule has 33 heavy (non-hydrogen) atoms. The van der Waals surface area contributed by atoms with Gasteiger partial charge < -0.3 is 19.3 Å². The highest BCUT2D eigenvalue weighted by atomic mass is 19.4. The highest BCUT2D eigenvalue weighted by Gasteiger charge is 2.42. The molecule has 0 unspecified atom stereocenters. The van der Waals surface area contributed by atoms with Crippen molar-refractivity contribution in [2.45, 2.75) is 38.0 Å². The molecule has 3 aliphatic rings. The third-order valence-electron chi connectivity index (χ3n) is 6.68. The van der Waals surface area contributed by atoms with Crippen LogP contribution in [0.25, 0.3) is 0 Å². The number of hydrogen-bond donors (Lipinski definition) is 0. The van der Waals surface area contributed by atoms with Crippen molar-refractivity contribution in [1.29, 1.82) is 0 Å². The fourth-order valence-electron chi connectivity index (χ4n) is 5.06. The molecule has 3 heterocycles. The smallest absolute Gasteiger partial charge is 0.417 e. The van der Waals surface area contributed by atoms with Gasteiger partial charge in [0.2, 0.25) is 12.7 Å². The molecular weight excluding hydrogens is 437 g/mol. The number of carbonyl (C=O) groups is 2. The average molecular weight is 460 g/mol. The number of ether oxygens (including phenoxy) is 2. The minimum Gasteiger partial charge on any atom is -0.454 e. The molecular formula is C24H23F3N2O4. The first-order chi connectivity index (χ1) is 15.8. The zero-order chi connectivity index (χ0) is 23.2. The van der Waals surface area contributed by atoms with E-state index in [1.54, 1.807) is 0 Å². The predicted octanol–water partition coefficient (Wildman–Crippen LogP) is 4.09. The second kappa shape index (κ2) is 8.28. The van der Waals surface area contributed by atoms with Gasteiger partial charge in [0, 0.05) is 32.1 Å². The van der Waals surface area contributed by atoms with E-state index >= 15 is 0 Å². The Morgan fingerprint density at radius 2 is 1.85 bits per heavy atom. The summed E-state index contributed by atoms with van der Waals surface area (Å²) in [5, 5.41) is 0. The Bertz CT molecular complexity index is 1090. The quantitative estimate of drug-likeness (QED) is 0.693. The summed E-state index contributed by atoms with van der Waals surface area (Å²) in [4.78, 5) is 29.1. The van der Waals surface area contributed by atoms with E-state index in [-0.39, 0.29) is 30.2 Å². The predicted molar refractivity (Wildman–Crippen MR) is 112 cm³/mol. The van der Waals surface area contributed by atoms with Crippen molar-refractivity contribution in [2.75, 3.05) is 19.9 Å². The monoisotopic (exact) mass is 460 g/mol. The van der Waals surface area contributed by atoms with Gasteiger partial charge in [-0.25, -0.2) is 0 Å². The summed E-state index contributed by atoms with van der Waals surface area (Å²) in [5.74, 6) is 0.786. The molecule has 0 spiro atoms. The molecule has 3 aliphatic heterocycles. The van der Waals surface area contributed by atoms with Crippen LogP contribution >= 0.6 is 0 Å². The first kappa shape index (κ1) is 21.6. The van der Waals surface area contributed by atoms with Gasteiger partial charge in [0.05, 0.1) is 11.1 Å². The number of piperidine rings is 2. The van der Waals surface area contributed by atoms with Crippen molar-refractivity contribution in [1.82, 2.24) is 9.80 Å². The summed E-state index contributed by atoms with van der Waals surface area (Å²) < 4.78 is 51.0. The van der Waals surface area contributed by atoms with E-state index in [4.69, 9.17) is 9.47 Å². The zero-order valence-electron chi connectivity index (χ0n) is 17.8. The van der Waals surface area contributed by atoms with Crippen LogP contribution in [0.4, 0.5) is 13.2 Å². The number of carbonyl (C=O) groups excluding carboxylic acids is 2. The topological polar surface area (TPSA) is 59.1 Å². The molecule has 9 heteroatoms. The van der Waals surface area contributed by atoms with Crippen LogP contribution in [0.5, 0.6) is 11.5 Å². The molecule has 0 saturated carbocycles. The first-order valence-corrected chi connectivity index (χ1v) is 10.9. The highest BCUT2D eigenvalue weighted by molar-refractivity contribution is 5.96. The van der Waals surface area contributed by atoms with Gasteiger partial charge in [0.1, 0.15) is 0 Å². The molecule has 0 N–H and O–H groups in total. The van der Waals surface area contributed by atoms with E-state index in [2.05, 4.69) is 0 Å². The van der Waals surface area contributed by atoms with Crippen LogP contribution in [-0.2, 0) is 17.5 Å². The van der Waals surface area contributed by atoms with Crippen molar-refractivity contribution in [3.63, 3.8) is 0 Å². The van der Waals surface area contributed by atoms with E-state index < -0.39 is 17.6 Å². The van der Waals surface area contributed by atoms with Crippen LogP contribution in [0, 0.1) is 5.92 Å². The minimum absolute atomic E-state index is 0.0208. The molecule has 0 aliphatic carbocycles. The van der Waals surface area contributed by atoms with Gasteiger partial charge in [-0.05, 0) is 48.6 Å². The maximum atomic E-state index is 13.4. The van der Waals surface area contributed by atoms with Crippen LogP contribution in [0.15, 0.2) is 42.5 Å². The lowest BCUT2D eigenvalue weighted by atomic mass is 9.83. The van der Waals surface area contributed by atoms with E-state index in [1.165, 1.54) is 23.1 Å². The summed E-state index contributed by atoms with van der Waals surface area (Å²) in [7, 11) is 0. The van der Waals surface area contributed by atoms with Crippen LogP contribution in [-0.4, -0.2) is 47.5 Å². The van der Waals surface area contributed by atoms with Crippen molar-refractivity contribution >= 4 is 11.8 Å². The molecule has 6 nitrogen and oxygen atoms in total. The van der Waals surface area contributed by atoms with Gasteiger partial charge in [-0.2, -0.15) is 13.2 Å². The highest BCUT2D eigenvalue weighted by Crippen LogP contribution is 2.37. The Balaban J connectivity index is 1.31. The molecule has 174 valence electrons. The molecule has 2 atom stereocenters. The maximum absolute atomic E-state index is 13.4. The number of hydrogen-bond acceptors (Lipinski definition) is 4. The third kappa shape index (κ3) is 4.12. The number of rotatable bonds is 3. The number of halogens is 3. The van der Waals surface area contributed by atoms with E-state index in [1.807, 2.05) is 23.1 Å². The van der Waals surface area contributed by atoms with Crippen molar-refractivity contribution in [3.05, 3.63) is 59.2 Å². The van der Waals surface area contributed by atoms with E-state index in [0.717, 1.165) is 11.6 Å². The fraction of sp³-hybridized carbons (Fsp3) is 0.417. The minimum atomic E-state index is -4.59. The third-order valence-corrected chi connectivity index (χ3v) is 6.68. The molecule has 2 amide bonds. The Kier molecular flexibility index (Phi) is 5.42. The SMILES string of the molecule is O=C(c1ccccc1C(F)(F)F)N1CC[C@H]2[C@H](CCC(=O)N2Cc2ccc3c(c2)OCO3)C1. The summed E-state index contributed by atoms with van der Waals surface area (Å²) >= 11 is 0. The van der Waals surface area contributed by atoms with Crippen molar-refractivity contribution in [2.24, 2.45) is 5.92 Å². The average Bonchev–Trinajstić information content (AvgIpc) is 3.27. The lowest BCUT2D eigenvalue weighted by molar-refractivity contribution is -0.142. The van der Waals surface area contributed by atoms with Gasteiger partial charge in [-0.15, -0.1) is 0 Å². The first-order valence-electron chi connectivity index (χ1n) is 10.9. The number of nitrogens with zero attached hydrogens (tertiary/aromatic N) is 2. The molecule has 0 aromatic heterocycles. The molecule has 2 aromatic carbocycles. The van der Waals surface area contributed by atoms with Gasteiger partial charge in [-0.3, -0.25) is 9.59 Å². The summed E-state index contributed by atoms with van der Waals surface area (Å²) in [6.07, 6.45) is -3.09. The fourth-order valence-corrected chi connectivity index (χ4v) is 5.06. The van der Waals surface area contributed by atoms with Gasteiger partial charge in [0.25, 0.3) is 5.91 Å². The molecule has 2 saturated heterocycles. The number of fused-ring (bicyclic) bond motifs is 2. The van der Waals surface area contributed by atoms with Gasteiger partial charge in [0.15, 0.2) is 11.5 Å². The summed E-state index contributed by atoms with van der Waals surface area (Å²) in [6, 6.07) is 10.4. The largest absolute Gasteiger partial charge is 0.454 e. The van der Waals surface area contributed by atoms with Crippen LogP contribution in [0.2, 0.25) is 0 Å². The van der Waals surface area contributed by atoms with Crippen molar-refractivity contribution in [3.8, 4) is 11.5 Å². The van der Waals surface area contributed by atoms with Gasteiger partial charge >= 0.3 is 6.18 Å². The Morgan fingerprint density at radius 1 is 1.06 bits per heavy atom. The molecule has 0 bridgehead atoms. The maximum Gasteiger partial charge on any atom is 0.417 e. The number of benzene rings is 2. The lowest BCUT2D eigenvalue weighted by Gasteiger charge is -2.47. The summed E-state index contributed by atoms with van der Waals surface area (Å²) in [5.41, 5.74) is -0.321. The second-order valence-electron chi connectivity index (χ2n) is 8.66. The van der Waals surface area contributed by atoms with E-state index in [0.29, 0.717) is 50.4 Å². The van der Waals surface area contributed by atoms with Gasteiger partial charge in [-0.1, -0.05) is 18.2 Å². The Hall–Kier alpha value is -3.23. The van der Waals surface area contributed by atoms with Crippen molar-refractivity contribution < 1.29 is 32.2 Å². The second-order valence-corrected chi connectivity index (χ2v) is 8.66. The standard InChI is InChI=1S/C24H23F3N2O4/c25-24(26,27)18-4-2-1-3-17(18)23(31)28-10-9-19-16(13-28)6-8-22(30)29(19)12-15-5-7-20-21(11-15)33-14-32-20/h1-5,7,11,16,19H,6,8-10,12-14H2/t16-,19+/m1/s1. The molecule has 0 radical (unpaired) electrons. The molecule has 2 aromatic rings. The number of amides is 2. The lowest BCUT2D eigenvalue weighted by Crippen LogP contribution is -2.56. The molecule has 5 rings (SSSR count). The molecule has 2 fully saturated rings. The van der Waals surface area contributed by atoms with Crippen LogP contribution < -0.4 is 9.47 Å². The van der Waals surface area contributed by atoms with Crippen LogP contribution in [0.3, 0.4) is 0 Å². The number of likely N-dealkylation sites (tertiary alicyclic amines) is 2. The Morgan fingerprint density at radius 3 is 2.67 bits per heavy atom. The van der Waals surface area contributed by atoms with Crippen LogP contribution in [0.1, 0.15) is 40.7 Å². The normalized spacial score (nSPS) is 22.3. The van der Waals surface area contributed by atoms with E-state index in [9.17, 15) is 22.8 Å². The zero-order valence-corrected chi connectivity index (χ0v) is 17.8. The Labute approximate surface area is 188 Å².